The highest BCUT2D eigenvalue weighted by atomic mass is 16.7. The number of rotatable bonds is 1. The lowest BCUT2D eigenvalue weighted by Gasteiger charge is -2.40. The smallest absolute Gasteiger partial charge is 0.206 e. The van der Waals surface area contributed by atoms with Crippen molar-refractivity contribution in [2.24, 2.45) is 5.92 Å². The van der Waals surface area contributed by atoms with Gasteiger partial charge in [-0.25, -0.2) is 0 Å². The molecule has 1 saturated heterocycles. The fourth-order valence-electron chi connectivity index (χ4n) is 3.02. The molecule has 1 aromatic carbocycles. The van der Waals surface area contributed by atoms with Crippen LogP contribution in [0.1, 0.15) is 29.3 Å². The Bertz CT molecular complexity index is 555. The zero-order chi connectivity index (χ0) is 13.6. The molecule has 0 bridgehead atoms. The fourth-order valence-corrected chi connectivity index (χ4v) is 3.02. The van der Waals surface area contributed by atoms with E-state index >= 15 is 0 Å². The van der Waals surface area contributed by atoms with E-state index in [1.54, 1.807) is 18.2 Å². The Labute approximate surface area is 111 Å². The van der Waals surface area contributed by atoms with Crippen LogP contribution in [0.4, 0.5) is 0 Å². The van der Waals surface area contributed by atoms with Crippen molar-refractivity contribution < 1.29 is 19.4 Å². The molecule has 4 heteroatoms. The van der Waals surface area contributed by atoms with E-state index in [1.165, 1.54) is 0 Å². The summed E-state index contributed by atoms with van der Waals surface area (Å²) in [6, 6.07) is 4.92. The van der Waals surface area contributed by atoms with Gasteiger partial charge in [0.05, 0.1) is 18.8 Å². The maximum absolute atomic E-state index is 12.2. The van der Waals surface area contributed by atoms with E-state index in [2.05, 4.69) is 6.58 Å². The van der Waals surface area contributed by atoms with Crippen molar-refractivity contribution in [3.05, 3.63) is 41.5 Å². The van der Waals surface area contributed by atoms with Crippen LogP contribution >= 0.6 is 0 Å². The SMILES string of the molecule is C=C(C)C1CC(=O)c2cccc(O)c2C12OCCO2. The molecule has 0 amide bonds. The predicted molar refractivity (Wildman–Crippen MR) is 68.9 cm³/mol. The third kappa shape index (κ3) is 1.64. The van der Waals surface area contributed by atoms with Gasteiger partial charge in [0.15, 0.2) is 5.78 Å². The van der Waals surface area contributed by atoms with Gasteiger partial charge in [-0.05, 0) is 13.0 Å². The van der Waals surface area contributed by atoms with Gasteiger partial charge in [-0.1, -0.05) is 24.3 Å². The third-order valence-corrected chi connectivity index (χ3v) is 3.85. The van der Waals surface area contributed by atoms with E-state index < -0.39 is 5.79 Å². The summed E-state index contributed by atoms with van der Waals surface area (Å²) in [6.45, 7) is 6.70. The summed E-state index contributed by atoms with van der Waals surface area (Å²) in [7, 11) is 0. The van der Waals surface area contributed by atoms with E-state index in [4.69, 9.17) is 9.47 Å². The number of carbonyl (C=O) groups is 1. The van der Waals surface area contributed by atoms with Crippen molar-refractivity contribution in [3.63, 3.8) is 0 Å². The molecule has 1 heterocycles. The van der Waals surface area contributed by atoms with E-state index in [0.29, 0.717) is 30.8 Å². The molecule has 100 valence electrons. The minimum atomic E-state index is -1.06. The van der Waals surface area contributed by atoms with E-state index in [1.807, 2.05) is 6.92 Å². The number of benzene rings is 1. The van der Waals surface area contributed by atoms with Gasteiger partial charge in [0.25, 0.3) is 0 Å². The molecule has 1 atom stereocenters. The van der Waals surface area contributed by atoms with Crippen LogP contribution < -0.4 is 0 Å². The standard InChI is InChI=1S/C15H16O4/c1-9(2)11-8-13(17)10-4-3-5-12(16)14(10)15(11)18-6-7-19-15/h3-5,11,16H,1,6-8H2,2H3. The molecule has 1 aromatic rings. The Kier molecular flexibility index (Phi) is 2.73. The molecule has 19 heavy (non-hydrogen) atoms. The van der Waals surface area contributed by atoms with Gasteiger partial charge in [0.1, 0.15) is 5.75 Å². The number of hydrogen-bond donors (Lipinski definition) is 1. The zero-order valence-electron chi connectivity index (χ0n) is 10.8. The molecule has 0 saturated carbocycles. The first kappa shape index (κ1) is 12.4. The summed E-state index contributed by atoms with van der Waals surface area (Å²) in [5, 5.41) is 10.2. The van der Waals surface area contributed by atoms with Gasteiger partial charge < -0.3 is 14.6 Å². The lowest BCUT2D eigenvalue weighted by Crippen LogP contribution is -2.43. The fraction of sp³-hybridized carbons (Fsp3) is 0.400. The minimum absolute atomic E-state index is 0.0105. The average Bonchev–Trinajstić information content (AvgIpc) is 2.83. The van der Waals surface area contributed by atoms with Gasteiger partial charge in [-0.15, -0.1) is 0 Å². The highest BCUT2D eigenvalue weighted by Crippen LogP contribution is 2.51. The van der Waals surface area contributed by atoms with Gasteiger partial charge in [0.2, 0.25) is 5.79 Å². The van der Waals surface area contributed by atoms with Crippen LogP contribution in [0.5, 0.6) is 5.75 Å². The van der Waals surface area contributed by atoms with Crippen molar-refractivity contribution >= 4 is 5.78 Å². The largest absolute Gasteiger partial charge is 0.507 e. The number of aromatic hydroxyl groups is 1. The molecular weight excluding hydrogens is 244 g/mol. The summed E-state index contributed by atoms with van der Waals surface area (Å²) in [5.41, 5.74) is 1.76. The second-order valence-corrected chi connectivity index (χ2v) is 5.09. The first-order chi connectivity index (χ1) is 9.06. The van der Waals surface area contributed by atoms with Gasteiger partial charge in [-0.2, -0.15) is 0 Å². The highest BCUT2D eigenvalue weighted by Gasteiger charge is 2.53. The number of phenols is 1. The Morgan fingerprint density at radius 1 is 1.42 bits per heavy atom. The van der Waals surface area contributed by atoms with Crippen molar-refractivity contribution in [1.29, 1.82) is 0 Å². The molecular formula is C15H16O4. The lowest BCUT2D eigenvalue weighted by atomic mass is 9.74. The minimum Gasteiger partial charge on any atom is -0.507 e. The van der Waals surface area contributed by atoms with Crippen LogP contribution in [0.3, 0.4) is 0 Å². The number of fused-ring (bicyclic) bond motifs is 2. The van der Waals surface area contributed by atoms with E-state index in [9.17, 15) is 9.90 Å². The zero-order valence-corrected chi connectivity index (χ0v) is 10.8. The third-order valence-electron chi connectivity index (χ3n) is 3.85. The lowest BCUT2D eigenvalue weighted by molar-refractivity contribution is -0.199. The van der Waals surface area contributed by atoms with Crippen LogP contribution in [0.2, 0.25) is 0 Å². The van der Waals surface area contributed by atoms with Crippen LogP contribution in [0.15, 0.2) is 30.4 Å². The quantitative estimate of drug-likeness (QED) is 0.788. The van der Waals surface area contributed by atoms with E-state index in [-0.39, 0.29) is 17.5 Å². The van der Waals surface area contributed by atoms with Crippen LogP contribution in [0.25, 0.3) is 0 Å². The number of Topliss-reactive ketones (excluding diaryl/α,β-unsaturated/α-hetero) is 1. The normalized spacial score (nSPS) is 24.5. The molecule has 1 fully saturated rings. The first-order valence-electron chi connectivity index (χ1n) is 6.35. The Morgan fingerprint density at radius 3 is 2.74 bits per heavy atom. The number of carbonyl (C=O) groups excluding carboxylic acids is 1. The molecule has 1 aliphatic carbocycles. The monoisotopic (exact) mass is 260 g/mol. The molecule has 2 aliphatic rings. The predicted octanol–water partition coefficient (Wildman–Crippen LogP) is 2.37. The van der Waals surface area contributed by atoms with Crippen LogP contribution in [0, 0.1) is 5.92 Å². The Morgan fingerprint density at radius 2 is 2.11 bits per heavy atom. The topological polar surface area (TPSA) is 55.8 Å². The second-order valence-electron chi connectivity index (χ2n) is 5.09. The Hall–Kier alpha value is -1.65. The van der Waals surface area contributed by atoms with Gasteiger partial charge in [0, 0.05) is 17.9 Å². The van der Waals surface area contributed by atoms with Crippen molar-refractivity contribution in [3.8, 4) is 5.75 Å². The number of ether oxygens (including phenoxy) is 2. The van der Waals surface area contributed by atoms with E-state index in [0.717, 1.165) is 5.57 Å². The van der Waals surface area contributed by atoms with Crippen LogP contribution in [-0.4, -0.2) is 24.1 Å². The molecule has 1 spiro atoms. The van der Waals surface area contributed by atoms with Crippen molar-refractivity contribution in [2.45, 2.75) is 19.1 Å². The maximum Gasteiger partial charge on any atom is 0.206 e. The van der Waals surface area contributed by atoms with Gasteiger partial charge >= 0.3 is 0 Å². The molecule has 1 N–H and O–H groups in total. The summed E-state index contributed by atoms with van der Waals surface area (Å²) < 4.78 is 11.6. The molecule has 4 nitrogen and oxygen atoms in total. The number of hydrogen-bond acceptors (Lipinski definition) is 4. The van der Waals surface area contributed by atoms with Gasteiger partial charge in [-0.3, -0.25) is 4.79 Å². The maximum atomic E-state index is 12.2. The summed E-state index contributed by atoms with van der Waals surface area (Å²) in [5.74, 6) is -1.29. The molecule has 1 unspecified atom stereocenters. The molecule has 3 rings (SSSR count). The second kappa shape index (κ2) is 4.18. The van der Waals surface area contributed by atoms with Crippen molar-refractivity contribution in [2.75, 3.05) is 13.2 Å². The first-order valence-corrected chi connectivity index (χ1v) is 6.35. The molecule has 0 radical (unpaired) electrons. The summed E-state index contributed by atoms with van der Waals surface area (Å²) >= 11 is 0. The highest BCUT2D eigenvalue weighted by molar-refractivity contribution is 6.00. The number of phenolic OH excluding ortho intramolecular Hbond substituents is 1. The molecule has 1 aliphatic heterocycles. The Balaban J connectivity index is 2.26. The summed E-state index contributed by atoms with van der Waals surface area (Å²) in [4.78, 5) is 12.2. The average molecular weight is 260 g/mol. The van der Waals surface area contributed by atoms with Crippen LogP contribution in [-0.2, 0) is 15.3 Å². The summed E-state index contributed by atoms with van der Waals surface area (Å²) in [6.07, 6.45) is 0.297. The molecule has 0 aromatic heterocycles. The number of ketones is 1. The van der Waals surface area contributed by atoms with Crippen molar-refractivity contribution in [1.82, 2.24) is 0 Å².